The lowest BCUT2D eigenvalue weighted by atomic mass is 9.92. The third-order valence-electron chi connectivity index (χ3n) is 5.09. The van der Waals surface area contributed by atoms with Crippen LogP contribution >= 0.6 is 8.46 Å². The number of aliphatic carboxylic acids is 1. The Kier molecular flexibility index (Phi) is 9.79. The molecule has 0 aliphatic carbocycles. The van der Waals surface area contributed by atoms with E-state index in [1.165, 1.54) is 0 Å². The highest BCUT2D eigenvalue weighted by atomic mass is 31.1. The Morgan fingerprint density at radius 2 is 1.68 bits per heavy atom. The quantitative estimate of drug-likeness (QED) is 0.317. The summed E-state index contributed by atoms with van der Waals surface area (Å²) < 4.78 is 17.6. The van der Waals surface area contributed by atoms with Crippen molar-refractivity contribution in [2.75, 3.05) is 6.54 Å². The Hall–Kier alpha value is -2.60. The summed E-state index contributed by atoms with van der Waals surface area (Å²) >= 11 is 0. The number of carboxylic acids is 1. The van der Waals surface area contributed by atoms with Crippen molar-refractivity contribution < 1.29 is 29.1 Å². The molecule has 8 heteroatoms. The van der Waals surface area contributed by atoms with Crippen LogP contribution in [0.4, 0.5) is 0 Å². The van der Waals surface area contributed by atoms with Crippen molar-refractivity contribution in [3.8, 4) is 0 Å². The molecule has 0 aliphatic rings. The predicted molar refractivity (Wildman–Crippen MR) is 117 cm³/mol. The molecule has 0 aliphatic heterocycles. The van der Waals surface area contributed by atoms with Gasteiger partial charge in [-0.25, -0.2) is 0 Å². The van der Waals surface area contributed by atoms with Gasteiger partial charge in [0.2, 0.25) is 0 Å². The van der Waals surface area contributed by atoms with Gasteiger partial charge in [-0.05, 0) is 36.9 Å². The van der Waals surface area contributed by atoms with E-state index in [0.717, 1.165) is 11.1 Å². The zero-order valence-electron chi connectivity index (χ0n) is 17.2. The van der Waals surface area contributed by atoms with Crippen molar-refractivity contribution in [2.45, 2.75) is 43.6 Å². The lowest BCUT2D eigenvalue weighted by Crippen LogP contribution is -2.40. The number of rotatable bonds is 13. The number of aliphatic hydroxyl groups is 1. The van der Waals surface area contributed by atoms with E-state index in [-0.39, 0.29) is 25.8 Å². The third kappa shape index (κ3) is 7.55. The first-order valence-electron chi connectivity index (χ1n) is 10.2. The highest BCUT2D eigenvalue weighted by Crippen LogP contribution is 2.38. The molecule has 3 unspecified atom stereocenters. The van der Waals surface area contributed by atoms with Crippen molar-refractivity contribution >= 4 is 20.4 Å². The van der Waals surface area contributed by atoms with E-state index < -0.39 is 37.8 Å². The van der Waals surface area contributed by atoms with Crippen LogP contribution in [0, 0.1) is 5.92 Å². The molecule has 166 valence electrons. The van der Waals surface area contributed by atoms with Gasteiger partial charge < -0.3 is 20.7 Å². The Morgan fingerprint density at radius 1 is 1.06 bits per heavy atom. The fourth-order valence-corrected chi connectivity index (χ4v) is 4.01. The smallest absolute Gasteiger partial charge is 0.313 e. The van der Waals surface area contributed by atoms with Crippen LogP contribution in [0.2, 0.25) is 0 Å². The summed E-state index contributed by atoms with van der Waals surface area (Å²) in [4.78, 5) is 24.3. The molecular formula is C23H28NO6P. The first-order valence-corrected chi connectivity index (χ1v) is 11.0. The van der Waals surface area contributed by atoms with E-state index in [4.69, 9.17) is 15.6 Å². The van der Waals surface area contributed by atoms with Crippen molar-refractivity contribution in [1.82, 2.24) is 0 Å². The number of hydrogen-bond acceptors (Lipinski definition) is 6. The van der Waals surface area contributed by atoms with Crippen molar-refractivity contribution in [1.29, 1.82) is 0 Å². The van der Waals surface area contributed by atoms with Gasteiger partial charge in [-0.15, -0.1) is 0 Å². The Labute approximate surface area is 183 Å². The molecule has 0 radical (unpaired) electrons. The first kappa shape index (κ1) is 24.7. The van der Waals surface area contributed by atoms with Crippen LogP contribution in [-0.4, -0.2) is 34.0 Å². The van der Waals surface area contributed by atoms with Gasteiger partial charge in [0.15, 0.2) is 13.8 Å². The molecule has 2 aromatic rings. The Balaban J connectivity index is 2.30. The number of nitrogens with two attached hydrogens (primary N) is 1. The summed E-state index contributed by atoms with van der Waals surface area (Å²) in [5, 5.41) is 18.0. The largest absolute Gasteiger partial charge is 0.481 e. The molecule has 7 nitrogen and oxygen atoms in total. The van der Waals surface area contributed by atoms with E-state index in [1.54, 1.807) is 0 Å². The van der Waals surface area contributed by atoms with Crippen LogP contribution in [0.5, 0.6) is 0 Å². The summed E-state index contributed by atoms with van der Waals surface area (Å²) in [5.41, 5.74) is 7.22. The topological polar surface area (TPSA) is 127 Å². The van der Waals surface area contributed by atoms with Crippen LogP contribution < -0.4 is 5.73 Å². The molecule has 0 saturated heterocycles. The molecule has 31 heavy (non-hydrogen) atoms. The average Bonchev–Trinajstić information content (AvgIpc) is 2.78. The lowest BCUT2D eigenvalue weighted by molar-refractivity contribution is -0.161. The van der Waals surface area contributed by atoms with Gasteiger partial charge in [0, 0.05) is 12.8 Å². The average molecular weight is 445 g/mol. The maximum Gasteiger partial charge on any atom is 0.313 e. The van der Waals surface area contributed by atoms with Gasteiger partial charge in [-0.3, -0.25) is 14.2 Å². The minimum absolute atomic E-state index is 0.0113. The summed E-state index contributed by atoms with van der Waals surface area (Å²) in [6.45, 7) is 0.235. The molecule has 4 N–H and O–H groups in total. The number of esters is 1. The molecule has 2 rings (SSSR count). The van der Waals surface area contributed by atoms with Gasteiger partial charge in [-0.2, -0.15) is 0 Å². The highest BCUT2D eigenvalue weighted by Gasteiger charge is 2.44. The summed E-state index contributed by atoms with van der Waals surface area (Å²) in [6.07, 6.45) is -0.493. The molecular weight excluding hydrogens is 417 g/mol. The number of carbonyl (C=O) groups excluding carboxylic acids is 1. The standard InChI is InChI=1S/C23H28NO6P/c24-15-7-14-23(28,31-29)19(12-13-21(25)26)22(27)30-20(18-10-5-2-6-11-18)16-17-8-3-1-4-9-17/h1-6,8-11,19-20,28H,7,12-16,24H2,(H,25,26). The molecule has 0 heterocycles. The monoisotopic (exact) mass is 445 g/mol. The van der Waals surface area contributed by atoms with E-state index in [0.29, 0.717) is 12.8 Å². The van der Waals surface area contributed by atoms with Crippen molar-refractivity contribution in [3.05, 3.63) is 71.8 Å². The maximum absolute atomic E-state index is 13.1. The fraction of sp³-hybridized carbons (Fsp3) is 0.391. The van der Waals surface area contributed by atoms with Crippen LogP contribution in [-0.2, 0) is 25.3 Å². The molecule has 0 fully saturated rings. The van der Waals surface area contributed by atoms with Crippen LogP contribution in [0.25, 0.3) is 0 Å². The molecule has 0 bridgehead atoms. The van der Waals surface area contributed by atoms with Gasteiger partial charge in [0.1, 0.15) is 6.10 Å². The van der Waals surface area contributed by atoms with Crippen molar-refractivity contribution in [2.24, 2.45) is 11.7 Å². The lowest BCUT2D eigenvalue weighted by Gasteiger charge is -2.30. The minimum atomic E-state index is -1.94. The van der Waals surface area contributed by atoms with E-state index in [2.05, 4.69) is 0 Å². The van der Waals surface area contributed by atoms with Crippen LogP contribution in [0.3, 0.4) is 0 Å². The number of carbonyl (C=O) groups is 2. The van der Waals surface area contributed by atoms with Crippen molar-refractivity contribution in [3.63, 3.8) is 0 Å². The zero-order chi connectivity index (χ0) is 22.7. The van der Waals surface area contributed by atoms with Gasteiger partial charge >= 0.3 is 11.9 Å². The molecule has 3 atom stereocenters. The second-order valence-electron chi connectivity index (χ2n) is 7.37. The molecule has 0 amide bonds. The summed E-state index contributed by atoms with van der Waals surface area (Å²) in [7, 11) is -0.668. The number of hydrogen-bond donors (Lipinski definition) is 3. The Morgan fingerprint density at radius 3 is 2.23 bits per heavy atom. The maximum atomic E-state index is 13.1. The summed E-state index contributed by atoms with van der Waals surface area (Å²) in [6, 6.07) is 18.7. The zero-order valence-corrected chi connectivity index (χ0v) is 18.1. The van der Waals surface area contributed by atoms with Gasteiger partial charge in [-0.1, -0.05) is 60.7 Å². The number of ether oxygens (including phenoxy) is 1. The molecule has 0 saturated carbocycles. The van der Waals surface area contributed by atoms with Gasteiger partial charge in [0.05, 0.1) is 5.92 Å². The van der Waals surface area contributed by atoms with E-state index in [9.17, 15) is 19.3 Å². The minimum Gasteiger partial charge on any atom is -0.481 e. The first-order chi connectivity index (χ1) is 14.9. The predicted octanol–water partition coefficient (Wildman–Crippen LogP) is 3.71. The second-order valence-corrected chi connectivity index (χ2v) is 8.33. The Bertz CT molecular complexity index is 848. The SMILES string of the molecule is NCCCC(O)(P=O)C(CCC(=O)O)C(=O)OC(Cc1ccccc1)c1ccccc1. The molecule has 0 spiro atoms. The van der Waals surface area contributed by atoms with E-state index >= 15 is 0 Å². The molecule has 2 aromatic carbocycles. The third-order valence-corrected chi connectivity index (χ3v) is 5.94. The van der Waals surface area contributed by atoms with Crippen LogP contribution in [0.1, 0.15) is 42.9 Å². The highest BCUT2D eigenvalue weighted by molar-refractivity contribution is 7.25. The number of carboxylic acid groups (broad SMARTS) is 1. The van der Waals surface area contributed by atoms with Gasteiger partial charge in [0.25, 0.3) is 0 Å². The normalized spacial score (nSPS) is 15.0. The molecule has 0 aromatic heterocycles. The fourth-order valence-electron chi connectivity index (χ4n) is 3.40. The van der Waals surface area contributed by atoms with E-state index in [1.807, 2.05) is 60.7 Å². The second kappa shape index (κ2) is 12.3. The number of benzene rings is 2. The summed E-state index contributed by atoms with van der Waals surface area (Å²) in [5.74, 6) is -3.17. The van der Waals surface area contributed by atoms with Crippen LogP contribution in [0.15, 0.2) is 60.7 Å².